The number of aromatic nitrogens is 2. The molecule has 0 aromatic carbocycles. The molecule has 2 aromatic rings. The highest BCUT2D eigenvalue weighted by atomic mass is 16.5. The Kier molecular flexibility index (Phi) is 3.32. The fourth-order valence-corrected chi connectivity index (χ4v) is 1.98. The van der Waals surface area contributed by atoms with Gasteiger partial charge in [0.25, 0.3) is 5.91 Å². The standard InChI is InChI=1S/C14H15N3O4/c1-7-5-10(18)6-11(20-7)13(19)15-8(2)14-16-12(17-21-14)9-3-4-9/h5-6,8-9H,3-4H2,1-2H3,(H,15,19). The summed E-state index contributed by atoms with van der Waals surface area (Å²) < 4.78 is 10.4. The van der Waals surface area contributed by atoms with E-state index in [4.69, 9.17) is 8.94 Å². The van der Waals surface area contributed by atoms with Gasteiger partial charge in [0, 0.05) is 18.1 Å². The molecule has 110 valence electrons. The second kappa shape index (κ2) is 5.16. The molecule has 7 heteroatoms. The summed E-state index contributed by atoms with van der Waals surface area (Å²) in [6.07, 6.45) is 2.16. The van der Waals surface area contributed by atoms with Crippen molar-refractivity contribution in [2.45, 2.75) is 38.6 Å². The third kappa shape index (κ3) is 3.01. The third-order valence-corrected chi connectivity index (χ3v) is 3.23. The number of rotatable bonds is 4. The molecule has 1 N–H and O–H groups in total. The Labute approximate surface area is 120 Å². The Morgan fingerprint density at radius 2 is 2.19 bits per heavy atom. The molecule has 1 fully saturated rings. The van der Waals surface area contributed by atoms with Crippen molar-refractivity contribution in [1.82, 2.24) is 15.5 Å². The van der Waals surface area contributed by atoms with Crippen LogP contribution in [-0.2, 0) is 0 Å². The van der Waals surface area contributed by atoms with Gasteiger partial charge in [0.05, 0.1) is 0 Å². The maximum Gasteiger partial charge on any atom is 0.287 e. The fraction of sp³-hybridized carbons (Fsp3) is 0.429. The Morgan fingerprint density at radius 1 is 1.43 bits per heavy atom. The van der Waals surface area contributed by atoms with Crippen LogP contribution in [0.1, 0.15) is 59.8 Å². The summed E-state index contributed by atoms with van der Waals surface area (Å²) in [6.45, 7) is 3.34. The molecule has 0 radical (unpaired) electrons. The lowest BCUT2D eigenvalue weighted by Crippen LogP contribution is -2.27. The van der Waals surface area contributed by atoms with Crippen LogP contribution in [0.5, 0.6) is 0 Å². The van der Waals surface area contributed by atoms with Crippen molar-refractivity contribution in [3.63, 3.8) is 0 Å². The van der Waals surface area contributed by atoms with Gasteiger partial charge in [-0.05, 0) is 26.7 Å². The summed E-state index contributed by atoms with van der Waals surface area (Å²) in [6, 6.07) is 2.02. The number of nitrogens with zero attached hydrogens (tertiary/aromatic N) is 2. The molecule has 0 spiro atoms. The van der Waals surface area contributed by atoms with Crippen LogP contribution in [0.15, 0.2) is 25.9 Å². The molecule has 7 nitrogen and oxygen atoms in total. The smallest absolute Gasteiger partial charge is 0.287 e. The van der Waals surface area contributed by atoms with Crippen LogP contribution >= 0.6 is 0 Å². The Morgan fingerprint density at radius 3 is 2.86 bits per heavy atom. The fourth-order valence-electron chi connectivity index (χ4n) is 1.98. The van der Waals surface area contributed by atoms with Crippen molar-refractivity contribution in [2.24, 2.45) is 0 Å². The Balaban J connectivity index is 1.72. The minimum atomic E-state index is -0.491. The van der Waals surface area contributed by atoms with Gasteiger partial charge in [0.15, 0.2) is 17.0 Å². The lowest BCUT2D eigenvalue weighted by molar-refractivity contribution is 0.0900. The van der Waals surface area contributed by atoms with E-state index >= 15 is 0 Å². The number of hydrogen-bond donors (Lipinski definition) is 1. The second-order valence-electron chi connectivity index (χ2n) is 5.23. The molecular weight excluding hydrogens is 274 g/mol. The largest absolute Gasteiger partial charge is 0.456 e. The van der Waals surface area contributed by atoms with Gasteiger partial charge < -0.3 is 14.3 Å². The topological polar surface area (TPSA) is 98.2 Å². The lowest BCUT2D eigenvalue weighted by atomic mass is 10.3. The summed E-state index contributed by atoms with van der Waals surface area (Å²) in [4.78, 5) is 27.7. The van der Waals surface area contributed by atoms with Crippen molar-refractivity contribution < 1.29 is 13.7 Å². The Bertz CT molecular complexity index is 730. The van der Waals surface area contributed by atoms with Crippen LogP contribution in [0.3, 0.4) is 0 Å². The van der Waals surface area contributed by atoms with Gasteiger partial charge in [-0.1, -0.05) is 5.16 Å². The van der Waals surface area contributed by atoms with Crippen LogP contribution < -0.4 is 10.7 Å². The number of aryl methyl sites for hydroxylation is 1. The highest BCUT2D eigenvalue weighted by molar-refractivity contribution is 5.91. The van der Waals surface area contributed by atoms with Gasteiger partial charge in [-0.25, -0.2) is 0 Å². The predicted octanol–water partition coefficient (Wildman–Crippen LogP) is 1.70. The number of carbonyl (C=O) groups is 1. The molecule has 1 atom stereocenters. The van der Waals surface area contributed by atoms with E-state index in [9.17, 15) is 9.59 Å². The average Bonchev–Trinajstić information content (AvgIpc) is 3.15. The molecule has 0 bridgehead atoms. The summed E-state index contributed by atoms with van der Waals surface area (Å²) in [7, 11) is 0. The first kappa shape index (κ1) is 13.5. The first-order chi connectivity index (χ1) is 10.0. The van der Waals surface area contributed by atoms with Crippen molar-refractivity contribution >= 4 is 5.91 Å². The third-order valence-electron chi connectivity index (χ3n) is 3.23. The molecule has 2 heterocycles. The molecule has 1 aliphatic carbocycles. The molecule has 2 aromatic heterocycles. The predicted molar refractivity (Wildman–Crippen MR) is 71.9 cm³/mol. The molecule has 3 rings (SSSR count). The zero-order chi connectivity index (χ0) is 15.0. The van der Waals surface area contributed by atoms with E-state index in [1.54, 1.807) is 13.8 Å². The molecule has 1 aliphatic rings. The van der Waals surface area contributed by atoms with Gasteiger partial charge >= 0.3 is 0 Å². The molecule has 21 heavy (non-hydrogen) atoms. The molecular formula is C14H15N3O4. The number of amides is 1. The quantitative estimate of drug-likeness (QED) is 0.919. The van der Waals surface area contributed by atoms with Crippen molar-refractivity contribution in [3.05, 3.63) is 45.6 Å². The van der Waals surface area contributed by atoms with Crippen LogP contribution in [0.25, 0.3) is 0 Å². The first-order valence-corrected chi connectivity index (χ1v) is 6.79. The van der Waals surface area contributed by atoms with Crippen molar-refractivity contribution in [3.8, 4) is 0 Å². The minimum absolute atomic E-state index is 0.0335. The second-order valence-corrected chi connectivity index (χ2v) is 5.23. The number of hydrogen-bond acceptors (Lipinski definition) is 6. The van der Waals surface area contributed by atoms with Crippen molar-refractivity contribution in [2.75, 3.05) is 0 Å². The molecule has 1 saturated carbocycles. The van der Waals surface area contributed by atoms with E-state index in [2.05, 4.69) is 15.5 Å². The Hall–Kier alpha value is -2.44. The van der Waals surface area contributed by atoms with Crippen LogP contribution in [0, 0.1) is 6.92 Å². The van der Waals surface area contributed by atoms with Gasteiger partial charge in [-0.15, -0.1) is 0 Å². The van der Waals surface area contributed by atoms with Crippen molar-refractivity contribution in [1.29, 1.82) is 0 Å². The molecule has 0 saturated heterocycles. The molecule has 1 amide bonds. The average molecular weight is 289 g/mol. The summed E-state index contributed by atoms with van der Waals surface area (Å²) >= 11 is 0. The van der Waals surface area contributed by atoms with E-state index in [1.165, 1.54) is 6.07 Å². The first-order valence-electron chi connectivity index (χ1n) is 6.79. The zero-order valence-corrected chi connectivity index (χ0v) is 11.8. The lowest BCUT2D eigenvalue weighted by Gasteiger charge is -2.09. The molecule has 1 unspecified atom stereocenters. The number of nitrogens with one attached hydrogen (secondary N) is 1. The highest BCUT2D eigenvalue weighted by Crippen LogP contribution is 2.38. The van der Waals surface area contributed by atoms with E-state index in [1.807, 2.05) is 0 Å². The van der Waals surface area contributed by atoms with Gasteiger partial charge in [-0.2, -0.15) is 4.98 Å². The van der Waals surface area contributed by atoms with Gasteiger partial charge in [-0.3, -0.25) is 9.59 Å². The number of carbonyl (C=O) groups excluding carboxylic acids is 1. The van der Waals surface area contributed by atoms with E-state index in [-0.39, 0.29) is 11.2 Å². The monoisotopic (exact) mass is 289 g/mol. The SMILES string of the molecule is Cc1cc(=O)cc(C(=O)NC(C)c2nc(C3CC3)no2)o1. The van der Waals surface area contributed by atoms with Crippen LogP contribution in [0.2, 0.25) is 0 Å². The maximum atomic E-state index is 12.1. The zero-order valence-electron chi connectivity index (χ0n) is 11.8. The van der Waals surface area contributed by atoms with E-state index in [0.717, 1.165) is 18.9 Å². The summed E-state index contributed by atoms with van der Waals surface area (Å²) in [5.41, 5.74) is -0.273. The summed E-state index contributed by atoms with van der Waals surface area (Å²) in [5, 5.41) is 6.57. The minimum Gasteiger partial charge on any atom is -0.456 e. The highest BCUT2D eigenvalue weighted by Gasteiger charge is 2.30. The summed E-state index contributed by atoms with van der Waals surface area (Å²) in [5.74, 6) is 1.28. The van der Waals surface area contributed by atoms with Crippen LogP contribution in [-0.4, -0.2) is 16.0 Å². The maximum absolute atomic E-state index is 12.1. The normalized spacial score (nSPS) is 15.7. The van der Waals surface area contributed by atoms with Crippen LogP contribution in [0.4, 0.5) is 0 Å². The molecule has 0 aliphatic heterocycles. The van der Waals surface area contributed by atoms with Gasteiger partial charge in [0.1, 0.15) is 11.8 Å². The van der Waals surface area contributed by atoms with E-state index in [0.29, 0.717) is 23.4 Å². The van der Waals surface area contributed by atoms with E-state index < -0.39 is 11.9 Å². The van der Waals surface area contributed by atoms with Gasteiger partial charge in [0.2, 0.25) is 5.89 Å².